The second-order valence-electron chi connectivity index (χ2n) is 5.37. The van der Waals surface area contributed by atoms with E-state index in [1.54, 1.807) is 32.2 Å². The van der Waals surface area contributed by atoms with Crippen molar-refractivity contribution in [2.24, 2.45) is 0 Å². The highest BCUT2D eigenvalue weighted by Gasteiger charge is 2.27. The number of rotatable bonds is 6. The van der Waals surface area contributed by atoms with Crippen LogP contribution in [0.1, 0.15) is 36.7 Å². The van der Waals surface area contributed by atoms with Crippen molar-refractivity contribution >= 4 is 22.5 Å². The molecule has 120 valence electrons. The second-order valence-corrected chi connectivity index (χ2v) is 6.49. The van der Waals surface area contributed by atoms with Crippen molar-refractivity contribution in [3.8, 4) is 0 Å². The molecule has 0 fully saturated rings. The van der Waals surface area contributed by atoms with E-state index in [1.165, 1.54) is 11.3 Å². The molecule has 0 aliphatic rings. The van der Waals surface area contributed by atoms with Crippen LogP contribution in [0.25, 0.3) is 0 Å². The summed E-state index contributed by atoms with van der Waals surface area (Å²) in [5.74, 6) is 1.13. The Bertz CT molecular complexity index is 634. The first-order valence-electron chi connectivity index (χ1n) is 7.19. The normalized spacial score (nSPS) is 13.6. The van der Waals surface area contributed by atoms with Gasteiger partial charge in [-0.2, -0.15) is 0 Å². The number of thiazole rings is 1. The number of furan rings is 1. The molecule has 0 bridgehead atoms. The summed E-state index contributed by atoms with van der Waals surface area (Å²) in [6, 6.07) is 3.07. The zero-order valence-corrected chi connectivity index (χ0v) is 13.8. The number of carbonyl (C=O) groups is 1. The minimum atomic E-state index is -1.26. The molecule has 2 rings (SSSR count). The predicted octanol–water partition coefficient (Wildman–Crippen LogP) is 3.03. The summed E-state index contributed by atoms with van der Waals surface area (Å²) in [4.78, 5) is 17.1. The number of amides is 2. The Hall–Kier alpha value is -1.86. The van der Waals surface area contributed by atoms with Gasteiger partial charge in [0.2, 0.25) is 0 Å². The molecule has 2 amide bonds. The Morgan fingerprint density at radius 1 is 1.50 bits per heavy atom. The molecule has 6 nitrogen and oxygen atoms in total. The first-order valence-corrected chi connectivity index (χ1v) is 8.01. The number of hydrogen-bond donors (Lipinski definition) is 3. The SMILES string of the molecule is CCCc1cnc(NC(=O)NCC(C)(O)c2ccc(C)o2)s1. The van der Waals surface area contributed by atoms with Crippen LogP contribution in [0, 0.1) is 6.92 Å². The highest BCUT2D eigenvalue weighted by Crippen LogP contribution is 2.22. The molecule has 0 aromatic carbocycles. The van der Waals surface area contributed by atoms with Gasteiger partial charge < -0.3 is 14.8 Å². The maximum absolute atomic E-state index is 11.9. The van der Waals surface area contributed by atoms with E-state index in [1.807, 2.05) is 0 Å². The standard InChI is InChI=1S/C15H21N3O3S/c1-4-5-11-8-16-14(22-11)18-13(19)17-9-15(3,20)12-7-6-10(2)21-12/h6-8,20H,4-5,9H2,1-3H3,(H2,16,17,18,19). The number of hydrogen-bond acceptors (Lipinski definition) is 5. The fourth-order valence-electron chi connectivity index (χ4n) is 1.93. The molecule has 0 aliphatic carbocycles. The predicted molar refractivity (Wildman–Crippen MR) is 86.1 cm³/mol. The van der Waals surface area contributed by atoms with Gasteiger partial charge in [-0.1, -0.05) is 13.3 Å². The molecule has 2 heterocycles. The lowest BCUT2D eigenvalue weighted by Crippen LogP contribution is -2.40. The fourth-order valence-corrected chi connectivity index (χ4v) is 2.84. The van der Waals surface area contributed by atoms with Crippen LogP contribution in [0.2, 0.25) is 0 Å². The van der Waals surface area contributed by atoms with Crippen LogP contribution in [0.5, 0.6) is 0 Å². The first-order chi connectivity index (χ1) is 10.4. The van der Waals surface area contributed by atoms with Crippen molar-refractivity contribution in [2.75, 3.05) is 11.9 Å². The zero-order valence-electron chi connectivity index (χ0n) is 13.0. The lowest BCUT2D eigenvalue weighted by molar-refractivity contribution is 0.0364. The van der Waals surface area contributed by atoms with E-state index in [0.29, 0.717) is 16.7 Å². The average molecular weight is 323 g/mol. The van der Waals surface area contributed by atoms with E-state index in [-0.39, 0.29) is 6.54 Å². The van der Waals surface area contributed by atoms with Crippen molar-refractivity contribution < 1.29 is 14.3 Å². The quantitative estimate of drug-likeness (QED) is 0.762. The van der Waals surface area contributed by atoms with Crippen LogP contribution in [-0.2, 0) is 12.0 Å². The van der Waals surface area contributed by atoms with Crippen LogP contribution in [0.15, 0.2) is 22.7 Å². The molecule has 7 heteroatoms. The van der Waals surface area contributed by atoms with Gasteiger partial charge in [0, 0.05) is 11.1 Å². The van der Waals surface area contributed by atoms with Gasteiger partial charge in [-0.3, -0.25) is 5.32 Å². The minimum absolute atomic E-state index is 0.0407. The minimum Gasteiger partial charge on any atom is -0.463 e. The summed E-state index contributed by atoms with van der Waals surface area (Å²) in [5.41, 5.74) is -1.26. The number of nitrogens with zero attached hydrogens (tertiary/aromatic N) is 1. The Morgan fingerprint density at radius 2 is 2.27 bits per heavy atom. The summed E-state index contributed by atoms with van der Waals surface area (Å²) >= 11 is 1.45. The largest absolute Gasteiger partial charge is 0.463 e. The van der Waals surface area contributed by atoms with Crippen molar-refractivity contribution in [2.45, 2.75) is 39.2 Å². The molecular weight excluding hydrogens is 302 g/mol. The monoisotopic (exact) mass is 323 g/mol. The van der Waals surface area contributed by atoms with Gasteiger partial charge in [-0.25, -0.2) is 9.78 Å². The Balaban J connectivity index is 1.86. The van der Waals surface area contributed by atoms with Gasteiger partial charge in [0.15, 0.2) is 5.13 Å². The lowest BCUT2D eigenvalue weighted by atomic mass is 10.0. The van der Waals surface area contributed by atoms with Crippen molar-refractivity contribution in [3.05, 3.63) is 34.7 Å². The molecule has 2 aromatic heterocycles. The maximum atomic E-state index is 11.9. The van der Waals surface area contributed by atoms with E-state index in [0.717, 1.165) is 17.7 Å². The lowest BCUT2D eigenvalue weighted by Gasteiger charge is -2.21. The molecule has 0 spiro atoms. The molecule has 0 saturated heterocycles. The average Bonchev–Trinajstić information content (AvgIpc) is 3.07. The van der Waals surface area contributed by atoms with Gasteiger partial charge in [0.1, 0.15) is 17.1 Å². The fraction of sp³-hybridized carbons (Fsp3) is 0.467. The third kappa shape index (κ3) is 4.32. The molecule has 0 radical (unpaired) electrons. The van der Waals surface area contributed by atoms with Crippen molar-refractivity contribution in [3.63, 3.8) is 0 Å². The number of urea groups is 1. The summed E-state index contributed by atoms with van der Waals surface area (Å²) in [6.45, 7) is 5.53. The topological polar surface area (TPSA) is 87.4 Å². The Labute approximate surface area is 133 Å². The number of carbonyl (C=O) groups excluding carboxylic acids is 1. The van der Waals surface area contributed by atoms with E-state index >= 15 is 0 Å². The van der Waals surface area contributed by atoms with Crippen LogP contribution >= 0.6 is 11.3 Å². The summed E-state index contributed by atoms with van der Waals surface area (Å²) in [7, 11) is 0. The third-order valence-corrected chi connectivity index (χ3v) is 4.11. The highest BCUT2D eigenvalue weighted by atomic mass is 32.1. The number of nitrogens with one attached hydrogen (secondary N) is 2. The molecule has 22 heavy (non-hydrogen) atoms. The molecule has 2 aromatic rings. The number of aliphatic hydroxyl groups is 1. The molecule has 3 N–H and O–H groups in total. The molecule has 0 saturated carbocycles. The number of anilines is 1. The Morgan fingerprint density at radius 3 is 2.91 bits per heavy atom. The van der Waals surface area contributed by atoms with E-state index in [4.69, 9.17) is 4.42 Å². The zero-order chi connectivity index (χ0) is 16.2. The smallest absolute Gasteiger partial charge is 0.321 e. The van der Waals surface area contributed by atoms with Gasteiger partial charge in [0.05, 0.1) is 6.54 Å². The third-order valence-electron chi connectivity index (χ3n) is 3.13. The van der Waals surface area contributed by atoms with E-state index in [2.05, 4.69) is 22.5 Å². The van der Waals surface area contributed by atoms with Gasteiger partial charge >= 0.3 is 6.03 Å². The van der Waals surface area contributed by atoms with E-state index < -0.39 is 11.6 Å². The second kappa shape index (κ2) is 6.93. The maximum Gasteiger partial charge on any atom is 0.321 e. The number of aromatic nitrogens is 1. The molecule has 1 atom stereocenters. The van der Waals surface area contributed by atoms with Crippen LogP contribution < -0.4 is 10.6 Å². The summed E-state index contributed by atoms with van der Waals surface area (Å²) in [5, 5.41) is 16.2. The van der Waals surface area contributed by atoms with Gasteiger partial charge in [-0.15, -0.1) is 11.3 Å². The molecule has 0 aliphatic heterocycles. The molecule has 1 unspecified atom stereocenters. The van der Waals surface area contributed by atoms with Crippen molar-refractivity contribution in [1.82, 2.24) is 10.3 Å². The summed E-state index contributed by atoms with van der Waals surface area (Å²) in [6.07, 6.45) is 3.76. The van der Waals surface area contributed by atoms with Crippen LogP contribution in [0.3, 0.4) is 0 Å². The number of aryl methyl sites for hydroxylation is 2. The molecular formula is C15H21N3O3S. The van der Waals surface area contributed by atoms with Crippen LogP contribution in [0.4, 0.5) is 9.93 Å². The van der Waals surface area contributed by atoms with Gasteiger partial charge in [-0.05, 0) is 32.4 Å². The highest BCUT2D eigenvalue weighted by molar-refractivity contribution is 7.15. The Kier molecular flexibility index (Phi) is 5.20. The first kappa shape index (κ1) is 16.5. The van der Waals surface area contributed by atoms with E-state index in [9.17, 15) is 9.90 Å². The van der Waals surface area contributed by atoms with Gasteiger partial charge in [0.25, 0.3) is 0 Å². The summed E-state index contributed by atoms with van der Waals surface area (Å²) < 4.78 is 5.40. The van der Waals surface area contributed by atoms with Crippen LogP contribution in [-0.4, -0.2) is 22.7 Å². The van der Waals surface area contributed by atoms with Crippen molar-refractivity contribution in [1.29, 1.82) is 0 Å².